The van der Waals surface area contributed by atoms with Gasteiger partial charge in [0.25, 0.3) is 0 Å². The predicted molar refractivity (Wildman–Crippen MR) is 47.5 cm³/mol. The first-order valence-corrected chi connectivity index (χ1v) is 4.59. The Labute approximate surface area is 69.6 Å². The fourth-order valence-electron chi connectivity index (χ4n) is 0.864. The van der Waals surface area contributed by atoms with Crippen molar-refractivity contribution in [2.24, 2.45) is 5.41 Å². The Morgan fingerprint density at radius 1 is 1.00 bits per heavy atom. The summed E-state index contributed by atoms with van der Waals surface area (Å²) in [5.74, 6) is 0. The second-order valence-corrected chi connectivity index (χ2v) is 3.44. The van der Waals surface area contributed by atoms with Crippen LogP contribution in [0, 0.1) is 5.41 Å². The monoisotopic (exact) mass is 180 g/mol. The van der Waals surface area contributed by atoms with E-state index in [1.807, 2.05) is 0 Å². The molecular weight excluding hydrogens is 163 g/mol. The Morgan fingerprint density at radius 2 is 1.45 bits per heavy atom. The van der Waals surface area contributed by atoms with E-state index in [0.717, 1.165) is 12.6 Å². The molecule has 4 heteroatoms. The zero-order valence-corrected chi connectivity index (χ0v) is 7.82. The van der Waals surface area contributed by atoms with Gasteiger partial charge in [-0.25, -0.2) is 0 Å². The van der Waals surface area contributed by atoms with Gasteiger partial charge in [0.05, 0.1) is 19.8 Å². The third-order valence-corrected chi connectivity index (χ3v) is 2.33. The fourth-order valence-corrected chi connectivity index (χ4v) is 1.07. The number of rotatable bonds is 6. The zero-order valence-electron chi connectivity index (χ0n) is 6.66. The van der Waals surface area contributed by atoms with Crippen LogP contribution in [0.4, 0.5) is 0 Å². The molecule has 0 saturated heterocycles. The van der Waals surface area contributed by atoms with Crippen LogP contribution in [0.3, 0.4) is 0 Å². The molecule has 0 amide bonds. The minimum atomic E-state index is -0.670. The molecule has 3 N–H and O–H groups in total. The van der Waals surface area contributed by atoms with Gasteiger partial charge in [0.1, 0.15) is 0 Å². The Kier molecular flexibility index (Phi) is 6.06. The Bertz CT molecular complexity index is 85.4. The van der Waals surface area contributed by atoms with E-state index in [9.17, 15) is 0 Å². The molecule has 68 valence electrons. The number of aliphatic hydroxyl groups excluding tert-OH is 3. The molecule has 3 nitrogen and oxygen atoms in total. The van der Waals surface area contributed by atoms with Gasteiger partial charge in [-0.2, -0.15) is 0 Å². The second-order valence-electron chi connectivity index (χ2n) is 2.87. The SMILES string of the molecule is OCC(CO)(CO)CCCP. The molecule has 0 spiro atoms. The first-order chi connectivity index (χ1) is 5.24. The molecule has 0 aromatic heterocycles. The van der Waals surface area contributed by atoms with Crippen LogP contribution in [0.1, 0.15) is 12.8 Å². The van der Waals surface area contributed by atoms with Gasteiger partial charge in [0, 0.05) is 5.41 Å². The summed E-state index contributed by atoms with van der Waals surface area (Å²) in [7, 11) is 2.57. The molecular formula is C7H17O3P. The van der Waals surface area contributed by atoms with E-state index in [-0.39, 0.29) is 19.8 Å². The molecule has 0 saturated carbocycles. The van der Waals surface area contributed by atoms with Gasteiger partial charge in [-0.05, 0) is 19.0 Å². The summed E-state index contributed by atoms with van der Waals surface area (Å²) in [6, 6.07) is 0. The van der Waals surface area contributed by atoms with Gasteiger partial charge in [-0.1, -0.05) is 0 Å². The molecule has 0 radical (unpaired) electrons. The molecule has 0 bridgehead atoms. The van der Waals surface area contributed by atoms with Crippen LogP contribution in [-0.2, 0) is 0 Å². The Morgan fingerprint density at radius 3 is 1.73 bits per heavy atom. The molecule has 0 aliphatic heterocycles. The summed E-state index contributed by atoms with van der Waals surface area (Å²) >= 11 is 0. The predicted octanol–water partition coefficient (Wildman–Crippen LogP) is -0.395. The van der Waals surface area contributed by atoms with Gasteiger partial charge in [-0.3, -0.25) is 0 Å². The van der Waals surface area contributed by atoms with Gasteiger partial charge in [-0.15, -0.1) is 9.24 Å². The van der Waals surface area contributed by atoms with E-state index in [2.05, 4.69) is 9.24 Å². The maximum absolute atomic E-state index is 8.88. The molecule has 0 aromatic rings. The highest BCUT2D eigenvalue weighted by Gasteiger charge is 2.26. The number of hydrogen-bond donors (Lipinski definition) is 3. The number of hydrogen-bond acceptors (Lipinski definition) is 3. The summed E-state index contributed by atoms with van der Waals surface area (Å²) < 4.78 is 0. The van der Waals surface area contributed by atoms with E-state index in [0.29, 0.717) is 6.42 Å². The summed E-state index contributed by atoms with van der Waals surface area (Å²) in [5, 5.41) is 26.6. The van der Waals surface area contributed by atoms with Crippen molar-refractivity contribution in [3.05, 3.63) is 0 Å². The minimum Gasteiger partial charge on any atom is -0.396 e. The lowest BCUT2D eigenvalue weighted by atomic mass is 9.86. The summed E-state index contributed by atoms with van der Waals surface area (Å²) in [6.07, 6.45) is 2.49. The lowest BCUT2D eigenvalue weighted by molar-refractivity contribution is -0.000800. The van der Waals surface area contributed by atoms with Gasteiger partial charge >= 0.3 is 0 Å². The topological polar surface area (TPSA) is 60.7 Å². The molecule has 0 fully saturated rings. The van der Waals surface area contributed by atoms with Crippen LogP contribution in [-0.4, -0.2) is 41.3 Å². The van der Waals surface area contributed by atoms with Gasteiger partial charge in [0.15, 0.2) is 0 Å². The molecule has 1 atom stereocenters. The van der Waals surface area contributed by atoms with Crippen molar-refractivity contribution in [1.29, 1.82) is 0 Å². The van der Waals surface area contributed by atoms with Crippen LogP contribution >= 0.6 is 9.24 Å². The van der Waals surface area contributed by atoms with E-state index in [1.165, 1.54) is 0 Å². The van der Waals surface area contributed by atoms with Crippen LogP contribution in [0.5, 0.6) is 0 Å². The van der Waals surface area contributed by atoms with Crippen LogP contribution in [0.15, 0.2) is 0 Å². The first-order valence-electron chi connectivity index (χ1n) is 3.77. The zero-order chi connectivity index (χ0) is 8.74. The Hall–Kier alpha value is 0.310. The maximum atomic E-state index is 8.88. The van der Waals surface area contributed by atoms with E-state index >= 15 is 0 Å². The average molecular weight is 180 g/mol. The van der Waals surface area contributed by atoms with Crippen molar-refractivity contribution in [3.8, 4) is 0 Å². The maximum Gasteiger partial charge on any atom is 0.0531 e. The molecule has 0 aliphatic rings. The normalized spacial score (nSPS) is 12.0. The lowest BCUT2D eigenvalue weighted by Crippen LogP contribution is -2.33. The molecule has 0 aromatic carbocycles. The standard InChI is InChI=1S/C7H17O3P/c8-4-7(5-9,6-10)2-1-3-11/h8-10H,1-6,11H2. The fraction of sp³-hybridized carbons (Fsp3) is 1.00. The molecule has 1 unspecified atom stereocenters. The van der Waals surface area contributed by atoms with Crippen molar-refractivity contribution in [1.82, 2.24) is 0 Å². The van der Waals surface area contributed by atoms with Crippen molar-refractivity contribution in [3.63, 3.8) is 0 Å². The van der Waals surface area contributed by atoms with E-state index in [4.69, 9.17) is 15.3 Å². The molecule has 0 rings (SSSR count). The highest BCUT2D eigenvalue weighted by molar-refractivity contribution is 7.16. The third kappa shape index (κ3) is 3.48. The van der Waals surface area contributed by atoms with E-state index in [1.54, 1.807) is 0 Å². The lowest BCUT2D eigenvalue weighted by Gasteiger charge is -2.26. The summed E-state index contributed by atoms with van der Waals surface area (Å²) in [4.78, 5) is 0. The summed E-state index contributed by atoms with van der Waals surface area (Å²) in [5.41, 5.74) is -0.670. The van der Waals surface area contributed by atoms with Crippen LogP contribution < -0.4 is 0 Å². The quantitative estimate of drug-likeness (QED) is 0.488. The first kappa shape index (κ1) is 11.3. The van der Waals surface area contributed by atoms with Crippen LogP contribution in [0.25, 0.3) is 0 Å². The smallest absolute Gasteiger partial charge is 0.0531 e. The van der Waals surface area contributed by atoms with Gasteiger partial charge in [0.2, 0.25) is 0 Å². The van der Waals surface area contributed by atoms with E-state index < -0.39 is 5.41 Å². The molecule has 0 heterocycles. The molecule has 0 aliphatic carbocycles. The highest BCUT2D eigenvalue weighted by Crippen LogP contribution is 2.22. The average Bonchev–Trinajstić information content (AvgIpc) is 2.08. The highest BCUT2D eigenvalue weighted by atomic mass is 31.0. The van der Waals surface area contributed by atoms with Crippen molar-refractivity contribution in [2.75, 3.05) is 26.0 Å². The number of aliphatic hydroxyl groups is 3. The largest absolute Gasteiger partial charge is 0.396 e. The van der Waals surface area contributed by atoms with Crippen molar-refractivity contribution in [2.45, 2.75) is 12.8 Å². The van der Waals surface area contributed by atoms with Crippen LogP contribution in [0.2, 0.25) is 0 Å². The van der Waals surface area contributed by atoms with Crippen molar-refractivity contribution >= 4 is 9.24 Å². The second kappa shape index (κ2) is 5.90. The Balaban J connectivity index is 3.84. The molecule has 11 heavy (non-hydrogen) atoms. The summed E-state index contributed by atoms with van der Waals surface area (Å²) in [6.45, 7) is -0.444. The minimum absolute atomic E-state index is 0.148. The van der Waals surface area contributed by atoms with Crippen molar-refractivity contribution < 1.29 is 15.3 Å². The third-order valence-electron chi connectivity index (χ3n) is 1.92. The van der Waals surface area contributed by atoms with Gasteiger partial charge < -0.3 is 15.3 Å².